The van der Waals surface area contributed by atoms with Gasteiger partial charge in [0.2, 0.25) is 5.90 Å². The van der Waals surface area contributed by atoms with E-state index in [-0.39, 0.29) is 5.70 Å². The average molecular weight is 412 g/mol. The topological polar surface area (TPSA) is 47.9 Å². The molecule has 4 nitrogen and oxygen atoms in total. The lowest BCUT2D eigenvalue weighted by atomic mass is 10.0. The molecule has 31 heavy (non-hydrogen) atoms. The number of aliphatic imine (C=N–C) groups is 1. The van der Waals surface area contributed by atoms with Crippen LogP contribution < -0.4 is 4.74 Å². The number of carbonyl (C=O) groups excluding carboxylic acids is 1. The highest BCUT2D eigenvalue weighted by atomic mass is 16.6. The largest absolute Gasteiger partial charge is 0.493 e. The number of ether oxygens (including phenoxy) is 2. The molecule has 0 amide bonds. The first-order chi connectivity index (χ1) is 15.1. The van der Waals surface area contributed by atoms with Crippen LogP contribution in [0.5, 0.6) is 5.75 Å². The summed E-state index contributed by atoms with van der Waals surface area (Å²) in [5.74, 6) is 1.02. The van der Waals surface area contributed by atoms with Crippen LogP contribution in [0.15, 0.2) is 89.6 Å². The number of nitrogens with zero attached hydrogens (tertiary/aromatic N) is 1. The molecular weight excluding hydrogens is 386 g/mol. The minimum Gasteiger partial charge on any atom is -0.493 e. The van der Waals surface area contributed by atoms with E-state index in [1.54, 1.807) is 6.08 Å². The lowest BCUT2D eigenvalue weighted by Crippen LogP contribution is -2.05. The van der Waals surface area contributed by atoms with Crippen molar-refractivity contribution in [3.8, 4) is 5.75 Å². The number of para-hydroxylation sites is 1. The maximum atomic E-state index is 12.4. The Morgan fingerprint density at radius 1 is 0.935 bits per heavy atom. The Hall–Kier alpha value is -3.66. The fraction of sp³-hybridized carbons (Fsp3) is 0.185. The van der Waals surface area contributed by atoms with Crippen LogP contribution in [0.25, 0.3) is 6.08 Å². The van der Waals surface area contributed by atoms with Gasteiger partial charge in [-0.25, -0.2) is 9.79 Å². The van der Waals surface area contributed by atoms with Gasteiger partial charge in [0, 0.05) is 17.5 Å². The summed E-state index contributed by atoms with van der Waals surface area (Å²) in [6.45, 7) is 4.83. The molecule has 0 aliphatic carbocycles. The summed E-state index contributed by atoms with van der Waals surface area (Å²) in [6.07, 6.45) is 2.53. The Kier molecular flexibility index (Phi) is 6.27. The maximum Gasteiger partial charge on any atom is 0.363 e. The Labute approximate surface area is 182 Å². The molecule has 3 aromatic carbocycles. The summed E-state index contributed by atoms with van der Waals surface area (Å²) >= 11 is 0. The van der Waals surface area contributed by atoms with Crippen molar-refractivity contribution in [3.05, 3.63) is 107 Å². The van der Waals surface area contributed by atoms with Gasteiger partial charge in [-0.1, -0.05) is 74.5 Å². The highest BCUT2D eigenvalue weighted by molar-refractivity contribution is 6.12. The smallest absolute Gasteiger partial charge is 0.363 e. The summed E-state index contributed by atoms with van der Waals surface area (Å²) in [7, 11) is 0. The van der Waals surface area contributed by atoms with Crippen molar-refractivity contribution in [2.24, 2.45) is 4.99 Å². The fourth-order valence-electron chi connectivity index (χ4n) is 3.35. The second kappa shape index (κ2) is 9.43. The first-order valence-corrected chi connectivity index (χ1v) is 10.5. The van der Waals surface area contributed by atoms with Gasteiger partial charge in [0.05, 0.1) is 6.61 Å². The summed E-state index contributed by atoms with van der Waals surface area (Å²) in [5, 5.41) is 0. The average Bonchev–Trinajstić information content (AvgIpc) is 3.16. The second-order valence-electron chi connectivity index (χ2n) is 7.73. The predicted octanol–water partition coefficient (Wildman–Crippen LogP) is 5.78. The van der Waals surface area contributed by atoms with Crippen molar-refractivity contribution >= 4 is 17.9 Å². The molecule has 0 aromatic heterocycles. The Morgan fingerprint density at radius 3 is 2.39 bits per heavy atom. The standard InChI is InChI=1S/C27H25NO3/c1-19(2)21-12-14-22(15-13-21)26-28-24(27(29)31-26)18-23-10-6-7-11-25(23)30-17-16-20-8-4-3-5-9-20/h3-15,18-19H,16-17H2,1-2H3/b24-18-. The van der Waals surface area contributed by atoms with E-state index in [2.05, 4.69) is 31.0 Å². The van der Waals surface area contributed by atoms with Crippen molar-refractivity contribution in [3.63, 3.8) is 0 Å². The first-order valence-electron chi connectivity index (χ1n) is 10.5. The lowest BCUT2D eigenvalue weighted by Gasteiger charge is -2.09. The number of esters is 1. The highest BCUT2D eigenvalue weighted by Crippen LogP contribution is 2.25. The van der Waals surface area contributed by atoms with Gasteiger partial charge >= 0.3 is 5.97 Å². The van der Waals surface area contributed by atoms with Gasteiger partial charge in [-0.3, -0.25) is 0 Å². The van der Waals surface area contributed by atoms with Gasteiger partial charge in [0.1, 0.15) is 5.75 Å². The highest BCUT2D eigenvalue weighted by Gasteiger charge is 2.24. The Bertz CT molecular complexity index is 1110. The molecule has 156 valence electrons. The van der Waals surface area contributed by atoms with E-state index in [0.717, 1.165) is 17.5 Å². The van der Waals surface area contributed by atoms with Crippen LogP contribution in [0.4, 0.5) is 0 Å². The zero-order valence-electron chi connectivity index (χ0n) is 17.7. The molecule has 0 saturated heterocycles. The zero-order valence-corrected chi connectivity index (χ0v) is 17.7. The van der Waals surface area contributed by atoms with Crippen molar-refractivity contribution in [2.45, 2.75) is 26.2 Å². The molecule has 3 aromatic rings. The normalized spacial score (nSPS) is 14.6. The molecule has 4 heteroatoms. The van der Waals surface area contributed by atoms with E-state index in [9.17, 15) is 4.79 Å². The number of cyclic esters (lactones) is 1. The minimum atomic E-state index is -0.456. The summed E-state index contributed by atoms with van der Waals surface area (Å²) in [4.78, 5) is 16.8. The fourth-order valence-corrected chi connectivity index (χ4v) is 3.35. The molecule has 0 saturated carbocycles. The van der Waals surface area contributed by atoms with Crippen molar-refractivity contribution in [1.82, 2.24) is 0 Å². The van der Waals surface area contributed by atoms with Crippen molar-refractivity contribution < 1.29 is 14.3 Å². The zero-order chi connectivity index (χ0) is 21.6. The van der Waals surface area contributed by atoms with Gasteiger partial charge in [0.25, 0.3) is 0 Å². The predicted molar refractivity (Wildman–Crippen MR) is 123 cm³/mol. The number of hydrogen-bond acceptors (Lipinski definition) is 4. The summed E-state index contributed by atoms with van der Waals surface area (Å²) in [6, 6.07) is 25.8. The first kappa shape index (κ1) is 20.6. The van der Waals surface area contributed by atoms with Crippen LogP contribution in [0.2, 0.25) is 0 Å². The number of rotatable bonds is 7. The summed E-state index contributed by atoms with van der Waals surface area (Å²) in [5.41, 5.74) is 4.29. The molecule has 0 bridgehead atoms. The van der Waals surface area contributed by atoms with Crippen molar-refractivity contribution in [2.75, 3.05) is 6.61 Å². The molecule has 1 aliphatic heterocycles. The molecular formula is C27H25NO3. The molecule has 0 fully saturated rings. The molecule has 0 spiro atoms. The third kappa shape index (κ3) is 5.10. The van der Waals surface area contributed by atoms with Gasteiger partial charge < -0.3 is 9.47 Å². The van der Waals surface area contributed by atoms with Gasteiger partial charge in [-0.05, 0) is 41.3 Å². The van der Waals surface area contributed by atoms with Crippen molar-refractivity contribution in [1.29, 1.82) is 0 Å². The third-order valence-corrected chi connectivity index (χ3v) is 5.15. The van der Waals surface area contributed by atoms with Gasteiger partial charge in [-0.15, -0.1) is 0 Å². The van der Waals surface area contributed by atoms with E-state index in [0.29, 0.717) is 24.2 Å². The molecule has 0 N–H and O–H groups in total. The minimum absolute atomic E-state index is 0.266. The van der Waals surface area contributed by atoms with Crippen LogP contribution in [0.1, 0.15) is 42.0 Å². The molecule has 0 radical (unpaired) electrons. The quantitative estimate of drug-likeness (QED) is 0.366. The van der Waals surface area contributed by atoms with Gasteiger partial charge in [0.15, 0.2) is 5.70 Å². The van der Waals surface area contributed by atoms with E-state index in [1.165, 1.54) is 11.1 Å². The van der Waals surface area contributed by atoms with Crippen LogP contribution in [0.3, 0.4) is 0 Å². The Morgan fingerprint density at radius 2 is 1.65 bits per heavy atom. The van der Waals surface area contributed by atoms with E-state index < -0.39 is 5.97 Å². The molecule has 1 heterocycles. The van der Waals surface area contributed by atoms with Crippen LogP contribution in [-0.4, -0.2) is 18.5 Å². The number of benzene rings is 3. The van der Waals surface area contributed by atoms with Crippen LogP contribution >= 0.6 is 0 Å². The monoisotopic (exact) mass is 411 g/mol. The Balaban J connectivity index is 1.50. The van der Waals surface area contributed by atoms with E-state index in [1.807, 2.05) is 66.7 Å². The number of hydrogen-bond donors (Lipinski definition) is 0. The van der Waals surface area contributed by atoms with Crippen LogP contribution in [-0.2, 0) is 16.0 Å². The third-order valence-electron chi connectivity index (χ3n) is 5.15. The van der Waals surface area contributed by atoms with Gasteiger partial charge in [-0.2, -0.15) is 0 Å². The molecule has 0 atom stereocenters. The SMILES string of the molecule is CC(C)c1ccc(C2=N/C(=C\c3ccccc3OCCc3ccccc3)C(=O)O2)cc1. The lowest BCUT2D eigenvalue weighted by molar-refractivity contribution is -0.129. The van der Waals surface area contributed by atoms with Crippen LogP contribution in [0, 0.1) is 0 Å². The molecule has 4 rings (SSSR count). The molecule has 1 aliphatic rings. The van der Waals surface area contributed by atoms with E-state index >= 15 is 0 Å². The maximum absolute atomic E-state index is 12.4. The summed E-state index contributed by atoms with van der Waals surface area (Å²) < 4.78 is 11.4. The second-order valence-corrected chi connectivity index (χ2v) is 7.73. The number of carbonyl (C=O) groups is 1. The molecule has 0 unspecified atom stereocenters. The van der Waals surface area contributed by atoms with E-state index in [4.69, 9.17) is 9.47 Å².